The average Bonchev–Trinajstić information content (AvgIpc) is 3.13. The maximum Gasteiger partial charge on any atom is 0.261 e. The van der Waals surface area contributed by atoms with Crippen molar-refractivity contribution in [1.29, 1.82) is 0 Å². The fourth-order valence-corrected chi connectivity index (χ4v) is 3.13. The molecule has 1 saturated heterocycles. The molecule has 0 atom stereocenters. The van der Waals surface area contributed by atoms with E-state index >= 15 is 0 Å². The third-order valence-corrected chi connectivity index (χ3v) is 4.37. The standard InChI is InChI=1S/C17H18ClN3O3/c1-3-13-16(10(2)24-20-13)17(23)19-11-6-7-14(12(18)9-11)21-8-4-5-15(21)22/h6-7,9H,3-5,8H2,1-2H3,(H,19,23). The topological polar surface area (TPSA) is 75.4 Å². The van der Waals surface area contributed by atoms with Gasteiger partial charge in [-0.05, 0) is 38.0 Å². The highest BCUT2D eigenvalue weighted by Crippen LogP contribution is 2.32. The summed E-state index contributed by atoms with van der Waals surface area (Å²) in [4.78, 5) is 26.0. The molecule has 6 nitrogen and oxygen atoms in total. The maximum atomic E-state index is 12.5. The van der Waals surface area contributed by atoms with Crippen LogP contribution >= 0.6 is 11.6 Å². The lowest BCUT2D eigenvalue weighted by atomic mass is 10.1. The summed E-state index contributed by atoms with van der Waals surface area (Å²) in [5.74, 6) is 0.266. The smallest absolute Gasteiger partial charge is 0.261 e. The minimum absolute atomic E-state index is 0.0707. The van der Waals surface area contributed by atoms with Gasteiger partial charge in [0.05, 0.1) is 16.4 Å². The van der Waals surface area contributed by atoms with Crippen molar-refractivity contribution in [2.45, 2.75) is 33.1 Å². The molecule has 2 heterocycles. The number of nitrogens with one attached hydrogen (secondary N) is 1. The van der Waals surface area contributed by atoms with Gasteiger partial charge in [0.25, 0.3) is 5.91 Å². The Morgan fingerprint density at radius 1 is 1.46 bits per heavy atom. The molecular weight excluding hydrogens is 330 g/mol. The van der Waals surface area contributed by atoms with Crippen LogP contribution < -0.4 is 10.2 Å². The summed E-state index contributed by atoms with van der Waals surface area (Å²) in [6.07, 6.45) is 1.98. The number of anilines is 2. The van der Waals surface area contributed by atoms with Crippen LogP contribution in [0.3, 0.4) is 0 Å². The predicted octanol–water partition coefficient (Wildman–Crippen LogP) is 3.58. The van der Waals surface area contributed by atoms with Crippen LogP contribution in [-0.4, -0.2) is 23.5 Å². The molecule has 0 aliphatic carbocycles. The van der Waals surface area contributed by atoms with Crippen LogP contribution in [0, 0.1) is 6.92 Å². The average molecular weight is 348 g/mol. The number of carbonyl (C=O) groups excluding carboxylic acids is 2. The Morgan fingerprint density at radius 3 is 2.88 bits per heavy atom. The van der Waals surface area contributed by atoms with E-state index in [1.54, 1.807) is 30.0 Å². The fraction of sp³-hybridized carbons (Fsp3) is 0.353. The normalized spacial score (nSPS) is 14.3. The Kier molecular flexibility index (Phi) is 4.57. The molecular formula is C17H18ClN3O3. The Hall–Kier alpha value is -2.34. The summed E-state index contributed by atoms with van der Waals surface area (Å²) in [5.41, 5.74) is 2.30. The van der Waals surface area contributed by atoms with Gasteiger partial charge >= 0.3 is 0 Å². The number of rotatable bonds is 4. The largest absolute Gasteiger partial charge is 0.361 e. The highest BCUT2D eigenvalue weighted by atomic mass is 35.5. The van der Waals surface area contributed by atoms with Crippen LogP contribution in [0.1, 0.15) is 41.6 Å². The predicted molar refractivity (Wildman–Crippen MR) is 91.6 cm³/mol. The van der Waals surface area contributed by atoms with E-state index in [1.165, 1.54) is 0 Å². The number of hydrogen-bond donors (Lipinski definition) is 1. The van der Waals surface area contributed by atoms with Crippen LogP contribution in [0.4, 0.5) is 11.4 Å². The third-order valence-electron chi connectivity index (χ3n) is 4.07. The van der Waals surface area contributed by atoms with Gasteiger partial charge in [-0.25, -0.2) is 0 Å². The van der Waals surface area contributed by atoms with Crippen LogP contribution in [0.25, 0.3) is 0 Å². The molecule has 0 radical (unpaired) electrons. The lowest BCUT2D eigenvalue weighted by Gasteiger charge is -2.18. The van der Waals surface area contributed by atoms with Gasteiger partial charge in [0.2, 0.25) is 5.91 Å². The van der Waals surface area contributed by atoms with Crippen molar-refractivity contribution in [1.82, 2.24) is 5.16 Å². The molecule has 0 unspecified atom stereocenters. The summed E-state index contributed by atoms with van der Waals surface area (Å²) < 4.78 is 5.09. The second kappa shape index (κ2) is 6.65. The molecule has 0 saturated carbocycles. The van der Waals surface area contributed by atoms with E-state index in [2.05, 4.69) is 10.5 Å². The van der Waals surface area contributed by atoms with E-state index < -0.39 is 0 Å². The van der Waals surface area contributed by atoms with E-state index in [4.69, 9.17) is 16.1 Å². The lowest BCUT2D eigenvalue weighted by molar-refractivity contribution is -0.117. The van der Waals surface area contributed by atoms with Crippen LogP contribution in [-0.2, 0) is 11.2 Å². The van der Waals surface area contributed by atoms with E-state index in [1.807, 2.05) is 6.92 Å². The number of carbonyl (C=O) groups is 2. The fourth-order valence-electron chi connectivity index (χ4n) is 2.85. The molecule has 2 aromatic rings. The van der Waals surface area contributed by atoms with Gasteiger partial charge < -0.3 is 14.7 Å². The van der Waals surface area contributed by atoms with Crippen LogP contribution in [0.5, 0.6) is 0 Å². The summed E-state index contributed by atoms with van der Waals surface area (Å²) in [5, 5.41) is 7.12. The van der Waals surface area contributed by atoms with Crippen LogP contribution in [0.15, 0.2) is 22.7 Å². The molecule has 126 valence electrons. The lowest BCUT2D eigenvalue weighted by Crippen LogP contribution is -2.24. The summed E-state index contributed by atoms with van der Waals surface area (Å²) in [6, 6.07) is 5.14. The first kappa shape index (κ1) is 16.5. The summed E-state index contributed by atoms with van der Waals surface area (Å²) >= 11 is 6.30. The van der Waals surface area contributed by atoms with E-state index in [0.717, 1.165) is 6.42 Å². The number of amides is 2. The Balaban J connectivity index is 1.81. The van der Waals surface area contributed by atoms with Crippen molar-refractivity contribution in [2.75, 3.05) is 16.8 Å². The van der Waals surface area contributed by atoms with E-state index in [0.29, 0.717) is 52.8 Å². The first-order valence-electron chi connectivity index (χ1n) is 7.87. The van der Waals surface area contributed by atoms with E-state index in [9.17, 15) is 9.59 Å². The third kappa shape index (κ3) is 3.01. The molecule has 3 rings (SSSR count). The Bertz CT molecular complexity index is 800. The zero-order chi connectivity index (χ0) is 17.3. The van der Waals surface area contributed by atoms with Crippen LogP contribution in [0.2, 0.25) is 5.02 Å². The quantitative estimate of drug-likeness (QED) is 0.917. The SMILES string of the molecule is CCc1noc(C)c1C(=O)Nc1ccc(N2CCCC2=O)c(Cl)c1. The molecule has 1 N–H and O–H groups in total. The van der Waals surface area contributed by atoms with Gasteiger partial charge in [0.1, 0.15) is 11.3 Å². The second-order valence-corrected chi connectivity index (χ2v) is 6.09. The molecule has 2 amide bonds. The maximum absolute atomic E-state index is 12.5. The van der Waals surface area contributed by atoms with Gasteiger partial charge in [-0.1, -0.05) is 23.7 Å². The molecule has 1 aromatic heterocycles. The number of benzene rings is 1. The number of aryl methyl sites for hydroxylation is 2. The molecule has 1 aliphatic rings. The minimum Gasteiger partial charge on any atom is -0.361 e. The molecule has 1 fully saturated rings. The van der Waals surface area contributed by atoms with Gasteiger partial charge in [0, 0.05) is 18.7 Å². The molecule has 7 heteroatoms. The Morgan fingerprint density at radius 2 is 2.25 bits per heavy atom. The Labute approximate surface area is 144 Å². The zero-order valence-electron chi connectivity index (χ0n) is 13.6. The molecule has 1 aliphatic heterocycles. The first-order chi connectivity index (χ1) is 11.5. The summed E-state index contributed by atoms with van der Waals surface area (Å²) in [6.45, 7) is 4.28. The summed E-state index contributed by atoms with van der Waals surface area (Å²) in [7, 11) is 0. The van der Waals surface area contributed by atoms with Crippen molar-refractivity contribution >= 4 is 34.8 Å². The van der Waals surface area contributed by atoms with Gasteiger partial charge in [-0.3, -0.25) is 9.59 Å². The molecule has 1 aromatic carbocycles. The highest BCUT2D eigenvalue weighted by molar-refractivity contribution is 6.34. The van der Waals surface area contributed by atoms with Crippen molar-refractivity contribution in [3.8, 4) is 0 Å². The second-order valence-electron chi connectivity index (χ2n) is 5.68. The van der Waals surface area contributed by atoms with Gasteiger partial charge in [-0.15, -0.1) is 0 Å². The monoisotopic (exact) mass is 347 g/mol. The van der Waals surface area contributed by atoms with E-state index in [-0.39, 0.29) is 11.8 Å². The van der Waals surface area contributed by atoms with Gasteiger partial charge in [-0.2, -0.15) is 0 Å². The van der Waals surface area contributed by atoms with Crippen molar-refractivity contribution in [3.63, 3.8) is 0 Å². The van der Waals surface area contributed by atoms with Gasteiger partial charge in [0.15, 0.2) is 0 Å². The number of hydrogen-bond acceptors (Lipinski definition) is 4. The molecule has 24 heavy (non-hydrogen) atoms. The van der Waals surface area contributed by atoms with Crippen molar-refractivity contribution in [3.05, 3.63) is 40.2 Å². The number of halogens is 1. The molecule has 0 bridgehead atoms. The molecule has 0 spiro atoms. The minimum atomic E-state index is -0.285. The number of aromatic nitrogens is 1. The first-order valence-corrected chi connectivity index (χ1v) is 8.25. The number of nitrogens with zero attached hydrogens (tertiary/aromatic N) is 2. The highest BCUT2D eigenvalue weighted by Gasteiger charge is 2.24. The zero-order valence-corrected chi connectivity index (χ0v) is 14.3. The van der Waals surface area contributed by atoms with Crippen molar-refractivity contribution < 1.29 is 14.1 Å². The van der Waals surface area contributed by atoms with Crippen molar-refractivity contribution in [2.24, 2.45) is 0 Å².